The molecule has 3 fully saturated rings. The maximum absolute atomic E-state index is 5.91. The molecule has 3 aliphatic rings. The minimum Gasteiger partial charge on any atom is -0.376 e. The Kier molecular flexibility index (Phi) is 3.20. The van der Waals surface area contributed by atoms with E-state index < -0.39 is 0 Å². The van der Waals surface area contributed by atoms with Gasteiger partial charge >= 0.3 is 0 Å². The van der Waals surface area contributed by atoms with Crippen LogP contribution >= 0.6 is 0 Å². The third-order valence-electron chi connectivity index (χ3n) is 5.01. The van der Waals surface area contributed by atoms with E-state index in [1.54, 1.807) is 0 Å². The Hall–Kier alpha value is -0.0800. The van der Waals surface area contributed by atoms with Gasteiger partial charge in [-0.2, -0.15) is 0 Å². The van der Waals surface area contributed by atoms with Crippen LogP contribution < -0.4 is 5.32 Å². The summed E-state index contributed by atoms with van der Waals surface area (Å²) in [6.07, 6.45) is 10.1. The number of rotatable bonds is 3. The van der Waals surface area contributed by atoms with E-state index in [4.69, 9.17) is 4.74 Å². The first kappa shape index (κ1) is 12.0. The van der Waals surface area contributed by atoms with Crippen molar-refractivity contribution in [3.05, 3.63) is 0 Å². The van der Waals surface area contributed by atoms with Gasteiger partial charge in [-0.05, 0) is 56.3 Å². The van der Waals surface area contributed by atoms with E-state index in [1.807, 2.05) is 0 Å². The zero-order chi connectivity index (χ0) is 11.9. The molecule has 2 nitrogen and oxygen atoms in total. The molecule has 2 aliphatic carbocycles. The normalized spacial score (nSPS) is 38.5. The summed E-state index contributed by atoms with van der Waals surface area (Å²) in [5, 5.41) is 3.90. The summed E-state index contributed by atoms with van der Waals surface area (Å²) in [7, 11) is 0. The molecule has 0 bridgehead atoms. The molecule has 98 valence electrons. The Morgan fingerprint density at radius 2 is 1.71 bits per heavy atom. The lowest BCUT2D eigenvalue weighted by molar-refractivity contribution is 0.0754. The molecule has 17 heavy (non-hydrogen) atoms. The highest BCUT2D eigenvalue weighted by atomic mass is 16.5. The summed E-state index contributed by atoms with van der Waals surface area (Å²) in [6.45, 7) is 5.81. The van der Waals surface area contributed by atoms with Gasteiger partial charge in [0.15, 0.2) is 0 Å². The Balaban J connectivity index is 1.50. The first-order valence-electron chi connectivity index (χ1n) is 7.52. The molecule has 2 saturated carbocycles. The minimum absolute atomic E-state index is 0.546. The van der Waals surface area contributed by atoms with Crippen molar-refractivity contribution in [1.82, 2.24) is 5.32 Å². The van der Waals surface area contributed by atoms with Crippen molar-refractivity contribution < 1.29 is 4.74 Å². The van der Waals surface area contributed by atoms with Crippen molar-refractivity contribution in [2.24, 2.45) is 11.3 Å². The fraction of sp³-hybridized carbons (Fsp3) is 1.00. The standard InChI is InChI=1S/C15H27NO/c1-15(2)8-5-12(6-9-15)16-13-7-10-17-14(13)11-3-4-11/h11-14,16H,3-10H2,1-2H3. The summed E-state index contributed by atoms with van der Waals surface area (Å²) >= 11 is 0. The number of hydrogen-bond donors (Lipinski definition) is 1. The molecule has 0 radical (unpaired) electrons. The predicted molar refractivity (Wildman–Crippen MR) is 70.0 cm³/mol. The van der Waals surface area contributed by atoms with Gasteiger partial charge in [-0.1, -0.05) is 13.8 Å². The van der Waals surface area contributed by atoms with Crippen LogP contribution in [0.2, 0.25) is 0 Å². The number of ether oxygens (including phenoxy) is 1. The first-order valence-corrected chi connectivity index (χ1v) is 7.52. The largest absolute Gasteiger partial charge is 0.376 e. The molecule has 0 aromatic carbocycles. The van der Waals surface area contributed by atoms with E-state index in [0.29, 0.717) is 17.6 Å². The van der Waals surface area contributed by atoms with E-state index in [0.717, 1.165) is 18.6 Å². The number of hydrogen-bond acceptors (Lipinski definition) is 2. The molecule has 1 aliphatic heterocycles. The van der Waals surface area contributed by atoms with E-state index in [2.05, 4.69) is 19.2 Å². The molecule has 0 aromatic rings. The number of nitrogens with one attached hydrogen (secondary N) is 1. The molecule has 1 saturated heterocycles. The van der Waals surface area contributed by atoms with Crippen LogP contribution in [0.3, 0.4) is 0 Å². The van der Waals surface area contributed by atoms with Crippen molar-refractivity contribution in [3.8, 4) is 0 Å². The summed E-state index contributed by atoms with van der Waals surface area (Å²) < 4.78 is 5.91. The van der Waals surface area contributed by atoms with Crippen LogP contribution in [0.5, 0.6) is 0 Å². The molecule has 2 unspecified atom stereocenters. The fourth-order valence-electron chi connectivity index (χ4n) is 3.55. The smallest absolute Gasteiger partial charge is 0.0757 e. The molecule has 0 spiro atoms. The Morgan fingerprint density at radius 3 is 2.35 bits per heavy atom. The zero-order valence-corrected chi connectivity index (χ0v) is 11.4. The topological polar surface area (TPSA) is 21.3 Å². The molecular formula is C15H27NO. The lowest BCUT2D eigenvalue weighted by atomic mass is 9.75. The molecule has 0 aromatic heterocycles. The molecule has 1 heterocycles. The van der Waals surface area contributed by atoms with Gasteiger partial charge in [0.2, 0.25) is 0 Å². The van der Waals surface area contributed by atoms with Gasteiger partial charge in [0.1, 0.15) is 0 Å². The Morgan fingerprint density at radius 1 is 1.00 bits per heavy atom. The van der Waals surface area contributed by atoms with Gasteiger partial charge < -0.3 is 10.1 Å². The van der Waals surface area contributed by atoms with Crippen LogP contribution in [0.1, 0.15) is 58.8 Å². The Bertz CT molecular complexity index is 262. The average molecular weight is 237 g/mol. The SMILES string of the molecule is CC1(C)CCC(NC2CCOC2C2CC2)CC1. The average Bonchev–Trinajstić information content (AvgIpc) is 3.03. The maximum atomic E-state index is 5.91. The fourth-order valence-corrected chi connectivity index (χ4v) is 3.55. The van der Waals surface area contributed by atoms with Crippen LogP contribution in [0, 0.1) is 11.3 Å². The summed E-state index contributed by atoms with van der Waals surface area (Å²) in [5.41, 5.74) is 0.584. The molecule has 1 N–H and O–H groups in total. The predicted octanol–water partition coefficient (Wildman–Crippen LogP) is 3.11. The van der Waals surface area contributed by atoms with Gasteiger partial charge in [0.25, 0.3) is 0 Å². The zero-order valence-electron chi connectivity index (χ0n) is 11.4. The van der Waals surface area contributed by atoms with Gasteiger partial charge in [-0.25, -0.2) is 0 Å². The lowest BCUT2D eigenvalue weighted by Crippen LogP contribution is -2.46. The third kappa shape index (κ3) is 2.85. The van der Waals surface area contributed by atoms with Crippen molar-refractivity contribution in [1.29, 1.82) is 0 Å². The highest BCUT2D eigenvalue weighted by Gasteiger charge is 2.41. The second-order valence-electron chi connectivity index (χ2n) is 7.17. The Labute approximate surface area is 105 Å². The molecule has 3 rings (SSSR count). The van der Waals surface area contributed by atoms with Gasteiger partial charge in [0, 0.05) is 18.7 Å². The van der Waals surface area contributed by atoms with E-state index in [-0.39, 0.29) is 0 Å². The van der Waals surface area contributed by atoms with Crippen molar-refractivity contribution >= 4 is 0 Å². The van der Waals surface area contributed by atoms with E-state index in [9.17, 15) is 0 Å². The van der Waals surface area contributed by atoms with Crippen LogP contribution in [-0.2, 0) is 4.74 Å². The lowest BCUT2D eigenvalue weighted by Gasteiger charge is -2.36. The molecule has 2 heteroatoms. The second kappa shape index (κ2) is 4.55. The first-order chi connectivity index (χ1) is 8.14. The quantitative estimate of drug-likeness (QED) is 0.814. The molecule has 2 atom stereocenters. The summed E-state index contributed by atoms with van der Waals surface area (Å²) in [4.78, 5) is 0. The van der Waals surface area contributed by atoms with Gasteiger partial charge in [-0.15, -0.1) is 0 Å². The van der Waals surface area contributed by atoms with Crippen LogP contribution in [0.4, 0.5) is 0 Å². The molecule has 0 amide bonds. The van der Waals surface area contributed by atoms with E-state index >= 15 is 0 Å². The second-order valence-corrected chi connectivity index (χ2v) is 7.17. The third-order valence-corrected chi connectivity index (χ3v) is 5.01. The van der Waals surface area contributed by atoms with Crippen LogP contribution in [0.25, 0.3) is 0 Å². The maximum Gasteiger partial charge on any atom is 0.0757 e. The van der Waals surface area contributed by atoms with Gasteiger partial charge in [0.05, 0.1) is 6.10 Å². The summed E-state index contributed by atoms with van der Waals surface area (Å²) in [5.74, 6) is 0.884. The highest BCUT2D eigenvalue weighted by Crippen LogP contribution is 2.40. The monoisotopic (exact) mass is 237 g/mol. The summed E-state index contributed by atoms with van der Waals surface area (Å²) in [6, 6.07) is 1.42. The van der Waals surface area contributed by atoms with Crippen molar-refractivity contribution in [2.45, 2.75) is 77.0 Å². The van der Waals surface area contributed by atoms with E-state index in [1.165, 1.54) is 44.9 Å². The molecular weight excluding hydrogens is 210 g/mol. The minimum atomic E-state index is 0.546. The van der Waals surface area contributed by atoms with Crippen LogP contribution in [-0.4, -0.2) is 24.8 Å². The van der Waals surface area contributed by atoms with Crippen LogP contribution in [0.15, 0.2) is 0 Å². The van der Waals surface area contributed by atoms with Crippen molar-refractivity contribution in [2.75, 3.05) is 6.61 Å². The van der Waals surface area contributed by atoms with Crippen molar-refractivity contribution in [3.63, 3.8) is 0 Å². The van der Waals surface area contributed by atoms with Gasteiger partial charge in [-0.3, -0.25) is 0 Å². The highest BCUT2D eigenvalue weighted by molar-refractivity contribution is 4.95.